The fourth-order valence-corrected chi connectivity index (χ4v) is 0.791. The normalized spacial score (nSPS) is 10.1. The lowest BCUT2D eigenvalue weighted by molar-refractivity contribution is 0.579. The molecule has 1 aromatic rings. The second-order valence-electron chi connectivity index (χ2n) is 2.10. The van der Waals surface area contributed by atoms with E-state index in [0.29, 0.717) is 0 Å². The highest BCUT2D eigenvalue weighted by molar-refractivity contribution is 5.52. The van der Waals surface area contributed by atoms with Crippen LogP contribution in [0.3, 0.4) is 0 Å². The summed E-state index contributed by atoms with van der Waals surface area (Å²) < 4.78 is 25.5. The lowest BCUT2D eigenvalue weighted by Crippen LogP contribution is -1.86. The van der Waals surface area contributed by atoms with E-state index in [0.717, 1.165) is 24.3 Å². The summed E-state index contributed by atoms with van der Waals surface area (Å²) in [6.45, 7) is 0. The quantitative estimate of drug-likeness (QED) is 0.586. The molecular weight excluding hydrogens is 160 g/mol. The largest absolute Gasteiger partial charge is 0.206 e. The Morgan fingerprint density at radius 2 is 1.83 bits per heavy atom. The van der Waals surface area contributed by atoms with Crippen molar-refractivity contribution in [3.8, 4) is 6.07 Å². The molecule has 12 heavy (non-hydrogen) atoms. The van der Waals surface area contributed by atoms with Crippen LogP contribution in [0.4, 0.5) is 8.78 Å². The van der Waals surface area contributed by atoms with E-state index >= 15 is 0 Å². The first-order chi connectivity index (χ1) is 5.75. The fourth-order valence-electron chi connectivity index (χ4n) is 0.791. The number of allylic oxidation sites excluding steroid dienone is 1. The number of nitrogens with zero attached hydrogens (tertiary/aromatic N) is 1. The molecule has 0 N–H and O–H groups in total. The Hall–Kier alpha value is -1.69. The summed E-state index contributed by atoms with van der Waals surface area (Å²) in [5.41, 5.74) is -0.181. The van der Waals surface area contributed by atoms with Gasteiger partial charge >= 0.3 is 0 Å². The second kappa shape index (κ2) is 3.63. The molecule has 0 aromatic heterocycles. The molecule has 0 saturated heterocycles. The maximum Gasteiger partial charge on any atom is 0.133 e. The first-order valence-electron chi connectivity index (χ1n) is 3.26. The van der Waals surface area contributed by atoms with Crippen molar-refractivity contribution < 1.29 is 8.78 Å². The number of rotatable bonds is 1. The van der Waals surface area contributed by atoms with E-state index in [1.54, 1.807) is 6.07 Å². The fraction of sp³-hybridized carbons (Fsp3) is 0. The lowest BCUT2D eigenvalue weighted by Gasteiger charge is -1.96. The summed E-state index contributed by atoms with van der Waals surface area (Å²) in [5, 5.41) is 8.13. The van der Waals surface area contributed by atoms with Crippen LogP contribution in [0.5, 0.6) is 0 Å². The predicted octanol–water partition coefficient (Wildman–Crippen LogP) is 2.50. The third-order valence-corrected chi connectivity index (χ3v) is 1.32. The number of halogens is 2. The van der Waals surface area contributed by atoms with Crippen LogP contribution in [0.25, 0.3) is 6.08 Å². The average molecular weight is 165 g/mol. The Labute approximate surface area is 68.6 Å². The van der Waals surface area contributed by atoms with Gasteiger partial charge in [-0.05, 0) is 18.2 Å². The van der Waals surface area contributed by atoms with Crippen LogP contribution in [0.1, 0.15) is 5.56 Å². The highest BCUT2D eigenvalue weighted by atomic mass is 19.1. The van der Waals surface area contributed by atoms with Crippen molar-refractivity contribution in [2.24, 2.45) is 0 Å². The Bertz CT molecular complexity index is 330. The molecule has 0 atom stereocenters. The van der Waals surface area contributed by atoms with Crippen molar-refractivity contribution in [3.05, 3.63) is 41.5 Å². The van der Waals surface area contributed by atoms with Gasteiger partial charge in [-0.25, -0.2) is 8.78 Å². The van der Waals surface area contributed by atoms with Gasteiger partial charge in [0.25, 0.3) is 0 Å². The number of hydrogen-bond donors (Lipinski definition) is 0. The maximum atomic E-state index is 12.8. The van der Waals surface area contributed by atoms with Gasteiger partial charge < -0.3 is 0 Å². The third kappa shape index (κ3) is 1.67. The summed E-state index contributed by atoms with van der Waals surface area (Å²) in [5.74, 6) is -1.33. The Balaban J connectivity index is 3.15. The summed E-state index contributed by atoms with van der Waals surface area (Å²) in [7, 11) is 0. The first-order valence-corrected chi connectivity index (χ1v) is 3.26. The molecule has 0 radical (unpaired) electrons. The minimum absolute atomic E-state index is 0.181. The summed E-state index contributed by atoms with van der Waals surface area (Å²) in [6, 6.07) is 5.21. The van der Waals surface area contributed by atoms with Crippen molar-refractivity contribution in [2.45, 2.75) is 0 Å². The van der Waals surface area contributed by atoms with Crippen LogP contribution in [0, 0.1) is 23.0 Å². The number of hydrogen-bond acceptors (Lipinski definition) is 1. The Morgan fingerprint density at radius 3 is 2.33 bits per heavy atom. The first kappa shape index (κ1) is 8.41. The van der Waals surface area contributed by atoms with E-state index < -0.39 is 11.6 Å². The second-order valence-corrected chi connectivity index (χ2v) is 2.10. The van der Waals surface area contributed by atoms with Crippen LogP contribution in [-0.2, 0) is 0 Å². The lowest BCUT2D eigenvalue weighted by atomic mass is 10.2. The molecule has 0 unspecified atom stereocenters. The predicted molar refractivity (Wildman–Crippen MR) is 41.0 cm³/mol. The molecule has 0 amide bonds. The van der Waals surface area contributed by atoms with Gasteiger partial charge in [0.05, 0.1) is 6.07 Å². The Morgan fingerprint density at radius 1 is 1.25 bits per heavy atom. The van der Waals surface area contributed by atoms with Gasteiger partial charge in [0.15, 0.2) is 0 Å². The zero-order valence-electron chi connectivity index (χ0n) is 6.09. The van der Waals surface area contributed by atoms with E-state index in [2.05, 4.69) is 0 Å². The molecule has 0 saturated carbocycles. The summed E-state index contributed by atoms with van der Waals surface area (Å²) >= 11 is 0. The van der Waals surface area contributed by atoms with Crippen molar-refractivity contribution >= 4 is 6.08 Å². The maximum absolute atomic E-state index is 12.8. The van der Waals surface area contributed by atoms with Gasteiger partial charge in [0, 0.05) is 11.6 Å². The average Bonchev–Trinajstić information content (AvgIpc) is 2.04. The topological polar surface area (TPSA) is 23.8 Å². The molecule has 0 aliphatic heterocycles. The smallest absolute Gasteiger partial charge is 0.133 e. The van der Waals surface area contributed by atoms with Crippen molar-refractivity contribution in [1.29, 1.82) is 5.26 Å². The van der Waals surface area contributed by atoms with E-state index in [1.165, 1.54) is 6.07 Å². The third-order valence-electron chi connectivity index (χ3n) is 1.32. The van der Waals surface area contributed by atoms with Gasteiger partial charge in [-0.1, -0.05) is 6.07 Å². The van der Waals surface area contributed by atoms with Crippen LogP contribution >= 0.6 is 0 Å². The van der Waals surface area contributed by atoms with Crippen molar-refractivity contribution in [2.75, 3.05) is 0 Å². The van der Waals surface area contributed by atoms with Crippen LogP contribution in [0.15, 0.2) is 24.3 Å². The molecule has 60 valence electrons. The molecule has 0 bridgehead atoms. The number of nitriles is 1. The molecular formula is C9H5F2N. The van der Waals surface area contributed by atoms with E-state index in [4.69, 9.17) is 5.26 Å². The molecule has 0 heterocycles. The highest BCUT2D eigenvalue weighted by Crippen LogP contribution is 2.13. The van der Waals surface area contributed by atoms with E-state index in [1.807, 2.05) is 0 Å². The molecule has 0 fully saturated rings. The molecule has 1 nitrogen and oxygen atoms in total. The monoisotopic (exact) mass is 165 g/mol. The minimum Gasteiger partial charge on any atom is -0.206 e. The zero-order chi connectivity index (χ0) is 8.97. The molecule has 0 aliphatic rings. The molecule has 0 aliphatic carbocycles. The molecule has 1 aromatic carbocycles. The Kier molecular flexibility index (Phi) is 2.54. The molecule has 1 rings (SSSR count). The minimum atomic E-state index is -0.665. The molecule has 0 spiro atoms. The van der Waals surface area contributed by atoms with Crippen molar-refractivity contribution in [1.82, 2.24) is 0 Å². The van der Waals surface area contributed by atoms with Crippen LogP contribution in [0.2, 0.25) is 0 Å². The van der Waals surface area contributed by atoms with Gasteiger partial charge in [0.1, 0.15) is 11.6 Å². The van der Waals surface area contributed by atoms with Gasteiger partial charge in [-0.15, -0.1) is 0 Å². The SMILES string of the molecule is N#CC=Cc1c(F)cccc1F. The zero-order valence-corrected chi connectivity index (χ0v) is 6.09. The van der Waals surface area contributed by atoms with E-state index in [9.17, 15) is 8.78 Å². The van der Waals surface area contributed by atoms with Gasteiger partial charge in [-0.2, -0.15) is 5.26 Å². The van der Waals surface area contributed by atoms with Crippen LogP contribution < -0.4 is 0 Å². The highest BCUT2D eigenvalue weighted by Gasteiger charge is 2.02. The van der Waals surface area contributed by atoms with Crippen LogP contribution in [-0.4, -0.2) is 0 Å². The number of benzene rings is 1. The standard InChI is InChI=1S/C9H5F2N/c10-8-4-1-5-9(11)7(8)3-2-6-12/h1-5H. The van der Waals surface area contributed by atoms with Gasteiger partial charge in [-0.3, -0.25) is 0 Å². The summed E-state index contributed by atoms with van der Waals surface area (Å²) in [4.78, 5) is 0. The van der Waals surface area contributed by atoms with Gasteiger partial charge in [0.2, 0.25) is 0 Å². The van der Waals surface area contributed by atoms with E-state index in [-0.39, 0.29) is 5.56 Å². The van der Waals surface area contributed by atoms with Crippen molar-refractivity contribution in [3.63, 3.8) is 0 Å². The summed E-state index contributed by atoms with van der Waals surface area (Å²) in [6.07, 6.45) is 2.13. The molecule has 3 heteroatoms.